The van der Waals surface area contributed by atoms with Crippen LogP contribution in [0.3, 0.4) is 0 Å². The topological polar surface area (TPSA) is 87.8 Å². The number of carbonyl (C=O) groups excluding carboxylic acids is 2. The third kappa shape index (κ3) is 2.64. The first-order valence-electron chi connectivity index (χ1n) is 6.40. The molecule has 0 aromatic heterocycles. The van der Waals surface area contributed by atoms with Gasteiger partial charge in [-0.05, 0) is 12.1 Å². The molecule has 1 aliphatic rings. The summed E-state index contributed by atoms with van der Waals surface area (Å²) in [7, 11) is 1.68. The maximum absolute atomic E-state index is 11.4. The standard InChI is InChI=1S/C14H18N4O2/c1-8-6-13(20)16-17-14(8)10-4-5-12(11(15)7-10)18(3)9(2)19/h4-5,7-8H,6,15H2,1-3H3,(H,16,20). The molecule has 6 heteroatoms. The van der Waals surface area contributed by atoms with E-state index in [-0.39, 0.29) is 17.7 Å². The van der Waals surface area contributed by atoms with Crippen LogP contribution in [-0.2, 0) is 9.59 Å². The van der Waals surface area contributed by atoms with E-state index < -0.39 is 0 Å². The summed E-state index contributed by atoms with van der Waals surface area (Å²) < 4.78 is 0. The number of nitrogens with zero attached hydrogens (tertiary/aromatic N) is 2. The molecule has 106 valence electrons. The Kier molecular flexibility index (Phi) is 3.74. The quantitative estimate of drug-likeness (QED) is 0.792. The summed E-state index contributed by atoms with van der Waals surface area (Å²) in [6.07, 6.45) is 0.411. The van der Waals surface area contributed by atoms with E-state index in [4.69, 9.17) is 5.73 Å². The number of hydrogen-bond acceptors (Lipinski definition) is 4. The average Bonchev–Trinajstić information content (AvgIpc) is 2.37. The number of carbonyl (C=O) groups is 2. The smallest absolute Gasteiger partial charge is 0.240 e. The van der Waals surface area contributed by atoms with Crippen LogP contribution >= 0.6 is 0 Å². The van der Waals surface area contributed by atoms with Gasteiger partial charge in [0.1, 0.15) is 0 Å². The van der Waals surface area contributed by atoms with E-state index in [9.17, 15) is 9.59 Å². The Labute approximate surface area is 117 Å². The summed E-state index contributed by atoms with van der Waals surface area (Å²) in [5, 5.41) is 4.09. The normalized spacial score (nSPS) is 18.2. The summed E-state index contributed by atoms with van der Waals surface area (Å²) in [6.45, 7) is 3.43. The van der Waals surface area contributed by atoms with E-state index in [1.807, 2.05) is 13.0 Å². The van der Waals surface area contributed by atoms with Crippen LogP contribution in [0.25, 0.3) is 0 Å². The number of anilines is 2. The molecule has 1 aromatic rings. The van der Waals surface area contributed by atoms with Gasteiger partial charge in [0.2, 0.25) is 11.8 Å². The number of benzene rings is 1. The Morgan fingerprint density at radius 1 is 1.50 bits per heavy atom. The molecule has 0 bridgehead atoms. The molecule has 0 saturated heterocycles. The lowest BCUT2D eigenvalue weighted by molar-refractivity contribution is -0.122. The second-order valence-electron chi connectivity index (χ2n) is 4.99. The Balaban J connectivity index is 2.34. The van der Waals surface area contributed by atoms with Crippen molar-refractivity contribution >= 4 is 28.9 Å². The minimum absolute atomic E-state index is 0.0412. The Morgan fingerprint density at radius 2 is 2.20 bits per heavy atom. The van der Waals surface area contributed by atoms with Gasteiger partial charge in [-0.25, -0.2) is 5.43 Å². The van der Waals surface area contributed by atoms with Gasteiger partial charge in [0.05, 0.1) is 17.1 Å². The lowest BCUT2D eigenvalue weighted by Crippen LogP contribution is -2.32. The van der Waals surface area contributed by atoms with Crippen molar-refractivity contribution in [1.29, 1.82) is 0 Å². The van der Waals surface area contributed by atoms with Gasteiger partial charge in [-0.3, -0.25) is 9.59 Å². The maximum atomic E-state index is 11.4. The highest BCUT2D eigenvalue weighted by Gasteiger charge is 2.22. The molecule has 0 saturated carbocycles. The van der Waals surface area contributed by atoms with E-state index in [1.165, 1.54) is 11.8 Å². The second kappa shape index (κ2) is 5.32. The van der Waals surface area contributed by atoms with E-state index in [2.05, 4.69) is 10.5 Å². The number of nitrogen functional groups attached to an aromatic ring is 1. The molecule has 1 atom stereocenters. The molecule has 0 radical (unpaired) electrons. The molecular formula is C14H18N4O2. The molecule has 3 N–H and O–H groups in total. The van der Waals surface area contributed by atoms with Crippen molar-refractivity contribution in [2.45, 2.75) is 20.3 Å². The van der Waals surface area contributed by atoms with E-state index in [1.54, 1.807) is 19.2 Å². The predicted molar refractivity (Wildman–Crippen MR) is 78.4 cm³/mol. The highest BCUT2D eigenvalue weighted by Crippen LogP contribution is 2.26. The molecule has 2 amide bonds. The van der Waals surface area contributed by atoms with Gasteiger partial charge < -0.3 is 10.6 Å². The minimum Gasteiger partial charge on any atom is -0.397 e. The van der Waals surface area contributed by atoms with Crippen LogP contribution in [0.1, 0.15) is 25.8 Å². The van der Waals surface area contributed by atoms with Crippen LogP contribution in [0.5, 0.6) is 0 Å². The fraction of sp³-hybridized carbons (Fsp3) is 0.357. The first-order valence-corrected chi connectivity index (χ1v) is 6.40. The molecule has 1 unspecified atom stereocenters. The van der Waals surface area contributed by atoms with E-state index >= 15 is 0 Å². The predicted octanol–water partition coefficient (Wildman–Crippen LogP) is 1.11. The third-order valence-corrected chi connectivity index (χ3v) is 3.42. The molecular weight excluding hydrogens is 256 g/mol. The van der Waals surface area contributed by atoms with Crippen LogP contribution in [0.15, 0.2) is 23.3 Å². The van der Waals surface area contributed by atoms with Crippen LogP contribution < -0.4 is 16.1 Å². The van der Waals surface area contributed by atoms with Crippen molar-refractivity contribution in [3.8, 4) is 0 Å². The zero-order valence-electron chi connectivity index (χ0n) is 11.8. The SMILES string of the molecule is CC(=O)N(C)c1ccc(C2=NNC(=O)CC2C)cc1N. The average molecular weight is 274 g/mol. The number of amides is 2. The van der Waals surface area contributed by atoms with Gasteiger partial charge in [0.15, 0.2) is 0 Å². The summed E-state index contributed by atoms with van der Waals surface area (Å²) >= 11 is 0. The van der Waals surface area contributed by atoms with E-state index in [0.29, 0.717) is 17.8 Å². The minimum atomic E-state index is -0.0833. The van der Waals surface area contributed by atoms with Crippen LogP contribution in [0.4, 0.5) is 11.4 Å². The van der Waals surface area contributed by atoms with Crippen molar-refractivity contribution in [2.24, 2.45) is 11.0 Å². The van der Waals surface area contributed by atoms with Crippen LogP contribution in [0.2, 0.25) is 0 Å². The fourth-order valence-corrected chi connectivity index (χ4v) is 2.19. The lowest BCUT2D eigenvalue weighted by Gasteiger charge is -2.21. The molecule has 1 aromatic carbocycles. The Bertz CT molecular complexity index is 595. The number of hydrazone groups is 1. The largest absolute Gasteiger partial charge is 0.397 e. The monoisotopic (exact) mass is 274 g/mol. The van der Waals surface area contributed by atoms with Crippen molar-refractivity contribution < 1.29 is 9.59 Å². The maximum Gasteiger partial charge on any atom is 0.240 e. The molecule has 0 aliphatic carbocycles. The van der Waals surface area contributed by atoms with Gasteiger partial charge in [-0.2, -0.15) is 5.10 Å². The number of hydrogen-bond donors (Lipinski definition) is 2. The second-order valence-corrected chi connectivity index (χ2v) is 4.99. The number of nitrogens with one attached hydrogen (secondary N) is 1. The first kappa shape index (κ1) is 14.0. The van der Waals surface area contributed by atoms with Gasteiger partial charge in [0.25, 0.3) is 0 Å². The highest BCUT2D eigenvalue weighted by atomic mass is 16.2. The van der Waals surface area contributed by atoms with Gasteiger partial charge in [-0.15, -0.1) is 0 Å². The van der Waals surface area contributed by atoms with Crippen LogP contribution in [0, 0.1) is 5.92 Å². The molecule has 1 heterocycles. The molecule has 20 heavy (non-hydrogen) atoms. The van der Waals surface area contributed by atoms with Crippen molar-refractivity contribution in [1.82, 2.24) is 5.43 Å². The first-order chi connectivity index (χ1) is 9.40. The number of nitrogens with two attached hydrogens (primary N) is 1. The molecule has 1 aliphatic heterocycles. The van der Waals surface area contributed by atoms with Gasteiger partial charge >= 0.3 is 0 Å². The summed E-state index contributed by atoms with van der Waals surface area (Å²) in [4.78, 5) is 24.1. The van der Waals surface area contributed by atoms with Crippen LogP contribution in [-0.4, -0.2) is 24.6 Å². The molecule has 6 nitrogen and oxygen atoms in total. The lowest BCUT2D eigenvalue weighted by atomic mass is 9.93. The summed E-state index contributed by atoms with van der Waals surface area (Å²) in [5.41, 5.74) is 11.3. The van der Waals surface area contributed by atoms with Crippen molar-refractivity contribution in [3.63, 3.8) is 0 Å². The zero-order chi connectivity index (χ0) is 14.9. The zero-order valence-corrected chi connectivity index (χ0v) is 11.8. The highest BCUT2D eigenvalue weighted by molar-refractivity contribution is 6.07. The summed E-state index contributed by atoms with van der Waals surface area (Å²) in [6, 6.07) is 5.43. The molecule has 2 rings (SSSR count). The van der Waals surface area contributed by atoms with Crippen molar-refractivity contribution in [2.75, 3.05) is 17.7 Å². The molecule has 0 spiro atoms. The fourth-order valence-electron chi connectivity index (χ4n) is 2.19. The van der Waals surface area contributed by atoms with Gasteiger partial charge in [-0.1, -0.05) is 13.0 Å². The van der Waals surface area contributed by atoms with Crippen molar-refractivity contribution in [3.05, 3.63) is 23.8 Å². The van der Waals surface area contributed by atoms with Gasteiger partial charge in [0, 0.05) is 31.9 Å². The van der Waals surface area contributed by atoms with E-state index in [0.717, 1.165) is 11.3 Å². The molecule has 0 fully saturated rings. The summed E-state index contributed by atoms with van der Waals surface area (Å²) in [5.74, 6) is -0.123. The number of rotatable bonds is 2. The Morgan fingerprint density at radius 3 is 2.75 bits per heavy atom. The third-order valence-electron chi connectivity index (χ3n) is 3.42. The Hall–Kier alpha value is -2.37.